The summed E-state index contributed by atoms with van der Waals surface area (Å²) < 4.78 is 15.9. The number of unbranched alkanes of at least 4 members (excludes halogenated alkanes) is 2. The lowest BCUT2D eigenvalue weighted by Gasteiger charge is -2.37. The Kier molecular flexibility index (Phi) is 10.4. The summed E-state index contributed by atoms with van der Waals surface area (Å²) in [6.07, 6.45) is 3.55. The molecule has 0 bridgehead atoms. The van der Waals surface area contributed by atoms with E-state index in [2.05, 4.69) is 5.32 Å². The van der Waals surface area contributed by atoms with Gasteiger partial charge in [-0.1, -0.05) is 43.7 Å². The number of esters is 1. The van der Waals surface area contributed by atoms with E-state index in [4.69, 9.17) is 14.2 Å². The van der Waals surface area contributed by atoms with Crippen molar-refractivity contribution in [1.82, 2.24) is 15.1 Å². The molecule has 0 saturated carbocycles. The van der Waals surface area contributed by atoms with Gasteiger partial charge in [-0.3, -0.25) is 14.5 Å². The molecule has 10 heteroatoms. The molecule has 1 N–H and O–H groups in total. The van der Waals surface area contributed by atoms with E-state index in [-0.39, 0.29) is 19.1 Å². The molecule has 2 aliphatic rings. The van der Waals surface area contributed by atoms with Gasteiger partial charge < -0.3 is 24.4 Å². The molecular weight excluding hydrogens is 466 g/mol. The lowest BCUT2D eigenvalue weighted by Crippen LogP contribution is -2.49. The predicted octanol–water partition coefficient (Wildman–Crippen LogP) is 3.24. The van der Waals surface area contributed by atoms with Crippen molar-refractivity contribution in [1.29, 1.82) is 0 Å². The summed E-state index contributed by atoms with van der Waals surface area (Å²) in [5, 5.41) is 2.70. The molecule has 0 aliphatic carbocycles. The van der Waals surface area contributed by atoms with Gasteiger partial charge in [0.05, 0.1) is 13.2 Å². The third-order valence-corrected chi connectivity index (χ3v) is 6.45. The van der Waals surface area contributed by atoms with E-state index >= 15 is 0 Å². The van der Waals surface area contributed by atoms with Crippen LogP contribution in [0.3, 0.4) is 0 Å². The Morgan fingerprint density at radius 2 is 1.81 bits per heavy atom. The second-order valence-corrected chi connectivity index (χ2v) is 9.31. The first-order valence-electron chi connectivity index (χ1n) is 12.8. The molecule has 2 saturated heterocycles. The first-order valence-corrected chi connectivity index (χ1v) is 12.8. The molecule has 3 rings (SSSR count). The molecule has 0 unspecified atom stereocenters. The maximum atomic E-state index is 12.6. The van der Waals surface area contributed by atoms with Gasteiger partial charge in [0.1, 0.15) is 18.8 Å². The van der Waals surface area contributed by atoms with Crippen LogP contribution < -0.4 is 5.32 Å². The fraction of sp³-hybridized carbons (Fsp3) is 0.615. The molecule has 1 aromatic rings. The van der Waals surface area contributed by atoms with Gasteiger partial charge in [0.15, 0.2) is 0 Å². The number of likely N-dealkylation sites (tertiary alicyclic amines) is 1. The van der Waals surface area contributed by atoms with Crippen molar-refractivity contribution in [2.75, 3.05) is 39.3 Å². The molecule has 2 heterocycles. The standard InChI is InChI=1S/C26H37N3O7/c1-2-3-17-34-23(31)18-29-20-26(36-25(29)33)12-15-28(16-13-26)22(30)11-7-8-14-27-24(32)35-19-21-9-5-4-6-10-21/h4-6,9-10H,2-3,7-8,11-20H2,1H3,(H,27,32). The van der Waals surface area contributed by atoms with Gasteiger partial charge in [-0.05, 0) is 24.8 Å². The first-order chi connectivity index (χ1) is 17.4. The summed E-state index contributed by atoms with van der Waals surface area (Å²) in [4.78, 5) is 51.8. The van der Waals surface area contributed by atoms with Crippen molar-refractivity contribution in [2.24, 2.45) is 0 Å². The average Bonchev–Trinajstić information content (AvgIpc) is 3.17. The second kappa shape index (κ2) is 13.7. The van der Waals surface area contributed by atoms with Crippen LogP contribution in [-0.2, 0) is 30.4 Å². The summed E-state index contributed by atoms with van der Waals surface area (Å²) in [6.45, 7) is 4.26. The third-order valence-electron chi connectivity index (χ3n) is 6.45. The Morgan fingerprint density at radius 1 is 1.06 bits per heavy atom. The number of nitrogens with zero attached hydrogens (tertiary/aromatic N) is 2. The van der Waals surface area contributed by atoms with Crippen LogP contribution in [-0.4, -0.2) is 78.8 Å². The van der Waals surface area contributed by atoms with Gasteiger partial charge in [-0.2, -0.15) is 0 Å². The zero-order valence-electron chi connectivity index (χ0n) is 21.0. The number of rotatable bonds is 12. The number of piperidine rings is 1. The molecule has 10 nitrogen and oxygen atoms in total. The number of benzene rings is 1. The van der Waals surface area contributed by atoms with Gasteiger partial charge >= 0.3 is 18.2 Å². The largest absolute Gasteiger partial charge is 0.464 e. The van der Waals surface area contributed by atoms with Crippen LogP contribution in [0.5, 0.6) is 0 Å². The van der Waals surface area contributed by atoms with Gasteiger partial charge in [-0.15, -0.1) is 0 Å². The fourth-order valence-electron chi connectivity index (χ4n) is 4.29. The van der Waals surface area contributed by atoms with E-state index in [9.17, 15) is 19.2 Å². The highest BCUT2D eigenvalue weighted by atomic mass is 16.6. The molecule has 36 heavy (non-hydrogen) atoms. The Balaban J connectivity index is 1.28. The van der Waals surface area contributed by atoms with Crippen LogP contribution in [0.4, 0.5) is 9.59 Å². The number of alkyl carbamates (subject to hydrolysis) is 1. The first kappa shape index (κ1) is 27.3. The molecule has 2 fully saturated rings. The number of nitrogens with one attached hydrogen (secondary N) is 1. The number of amides is 3. The van der Waals surface area contributed by atoms with Crippen LogP contribution in [0.2, 0.25) is 0 Å². The van der Waals surface area contributed by atoms with Crippen molar-refractivity contribution in [3.63, 3.8) is 0 Å². The van der Waals surface area contributed by atoms with Crippen LogP contribution >= 0.6 is 0 Å². The highest BCUT2D eigenvalue weighted by molar-refractivity contribution is 5.80. The lowest BCUT2D eigenvalue weighted by molar-refractivity contribution is -0.144. The summed E-state index contributed by atoms with van der Waals surface area (Å²) >= 11 is 0. The highest BCUT2D eigenvalue weighted by Gasteiger charge is 2.47. The highest BCUT2D eigenvalue weighted by Crippen LogP contribution is 2.33. The van der Waals surface area contributed by atoms with Crippen molar-refractivity contribution in [2.45, 2.75) is 64.1 Å². The minimum Gasteiger partial charge on any atom is -0.464 e. The Hall–Kier alpha value is -3.30. The fourth-order valence-corrected chi connectivity index (χ4v) is 4.29. The number of carbonyl (C=O) groups excluding carboxylic acids is 4. The average molecular weight is 504 g/mol. The number of carbonyl (C=O) groups is 4. The quantitative estimate of drug-likeness (QED) is 0.265. The molecule has 198 valence electrons. The summed E-state index contributed by atoms with van der Waals surface area (Å²) in [5.41, 5.74) is 0.272. The summed E-state index contributed by atoms with van der Waals surface area (Å²) in [5.74, 6) is -0.374. The van der Waals surface area contributed by atoms with Crippen LogP contribution in [0, 0.1) is 0 Å². The molecule has 3 amide bonds. The summed E-state index contributed by atoms with van der Waals surface area (Å²) in [7, 11) is 0. The smallest absolute Gasteiger partial charge is 0.411 e. The SMILES string of the molecule is CCCCOC(=O)CN1CC2(CCN(C(=O)CCCCNC(=O)OCc3ccccc3)CC2)OC1=O. The monoisotopic (exact) mass is 503 g/mol. The number of hydrogen-bond donors (Lipinski definition) is 1. The lowest BCUT2D eigenvalue weighted by atomic mass is 9.91. The van der Waals surface area contributed by atoms with Crippen molar-refractivity contribution >= 4 is 24.1 Å². The Morgan fingerprint density at radius 3 is 2.53 bits per heavy atom. The molecule has 1 aromatic carbocycles. The Bertz CT molecular complexity index is 885. The maximum absolute atomic E-state index is 12.6. The number of ether oxygens (including phenoxy) is 3. The zero-order valence-corrected chi connectivity index (χ0v) is 21.0. The van der Waals surface area contributed by atoms with Crippen LogP contribution in [0.1, 0.15) is 57.4 Å². The van der Waals surface area contributed by atoms with E-state index in [1.165, 1.54) is 4.90 Å². The summed E-state index contributed by atoms with van der Waals surface area (Å²) in [6, 6.07) is 9.45. The molecule has 0 radical (unpaired) electrons. The zero-order chi connectivity index (χ0) is 25.8. The van der Waals surface area contributed by atoms with Gasteiger partial charge in [-0.25, -0.2) is 9.59 Å². The van der Waals surface area contributed by atoms with Gasteiger partial charge in [0.25, 0.3) is 0 Å². The number of hydrogen-bond acceptors (Lipinski definition) is 7. The van der Waals surface area contributed by atoms with E-state index in [0.717, 1.165) is 18.4 Å². The maximum Gasteiger partial charge on any atom is 0.411 e. The third kappa shape index (κ3) is 8.42. The minimum atomic E-state index is -0.651. The molecule has 2 aliphatic heterocycles. The molecule has 0 atom stereocenters. The molecule has 1 spiro atoms. The Labute approximate surface area is 212 Å². The topological polar surface area (TPSA) is 114 Å². The van der Waals surface area contributed by atoms with Crippen molar-refractivity contribution in [3.05, 3.63) is 35.9 Å². The van der Waals surface area contributed by atoms with Crippen LogP contribution in [0.25, 0.3) is 0 Å². The predicted molar refractivity (Wildman–Crippen MR) is 131 cm³/mol. The van der Waals surface area contributed by atoms with Crippen LogP contribution in [0.15, 0.2) is 30.3 Å². The normalized spacial score (nSPS) is 16.5. The minimum absolute atomic E-state index is 0.0529. The molecule has 0 aromatic heterocycles. The van der Waals surface area contributed by atoms with Crippen molar-refractivity contribution < 1.29 is 33.4 Å². The van der Waals surface area contributed by atoms with Crippen molar-refractivity contribution in [3.8, 4) is 0 Å². The van der Waals surface area contributed by atoms with E-state index in [1.54, 1.807) is 4.90 Å². The van der Waals surface area contributed by atoms with Gasteiger partial charge in [0.2, 0.25) is 5.91 Å². The van der Waals surface area contributed by atoms with Gasteiger partial charge in [0, 0.05) is 38.9 Å². The van der Waals surface area contributed by atoms with E-state index < -0.39 is 23.8 Å². The van der Waals surface area contributed by atoms with E-state index in [1.807, 2.05) is 37.3 Å². The molecular formula is C26H37N3O7. The second-order valence-electron chi connectivity index (χ2n) is 9.31. The van der Waals surface area contributed by atoms with E-state index in [0.29, 0.717) is 64.9 Å².